The van der Waals surface area contributed by atoms with E-state index in [2.05, 4.69) is 22.1 Å². The van der Waals surface area contributed by atoms with Gasteiger partial charge in [-0.1, -0.05) is 13.8 Å². The van der Waals surface area contributed by atoms with E-state index in [9.17, 15) is 5.11 Å². The van der Waals surface area contributed by atoms with Gasteiger partial charge in [-0.25, -0.2) is 0 Å². The Kier molecular flexibility index (Phi) is 11.7. The van der Waals surface area contributed by atoms with E-state index in [0.717, 1.165) is 35.1 Å². The highest BCUT2D eigenvalue weighted by molar-refractivity contribution is 14.0. The van der Waals surface area contributed by atoms with Crippen LogP contribution in [0.1, 0.15) is 44.7 Å². The Bertz CT molecular complexity index is 604. The summed E-state index contributed by atoms with van der Waals surface area (Å²) in [6, 6.07) is 3.99. The largest absolute Gasteiger partial charge is 0.493 e. The van der Waals surface area contributed by atoms with Crippen LogP contribution in [0, 0.1) is 6.92 Å². The summed E-state index contributed by atoms with van der Waals surface area (Å²) in [5, 5.41) is 13.8. The zero-order chi connectivity index (χ0) is 19.7. The van der Waals surface area contributed by atoms with E-state index >= 15 is 0 Å². The van der Waals surface area contributed by atoms with Gasteiger partial charge in [-0.05, 0) is 49.9 Å². The first-order chi connectivity index (χ1) is 12.3. The summed E-state index contributed by atoms with van der Waals surface area (Å²) in [5.74, 6) is 2.23. The van der Waals surface area contributed by atoms with Crippen LogP contribution in [0.25, 0.3) is 0 Å². The molecule has 0 fully saturated rings. The molecule has 0 spiro atoms. The molecule has 0 amide bonds. The van der Waals surface area contributed by atoms with E-state index in [1.165, 1.54) is 0 Å². The fourth-order valence-corrected chi connectivity index (χ4v) is 2.69. The summed E-state index contributed by atoms with van der Waals surface area (Å²) >= 11 is 0. The van der Waals surface area contributed by atoms with Crippen molar-refractivity contribution in [1.29, 1.82) is 0 Å². The monoisotopic (exact) mass is 493 g/mol. The molecule has 156 valence electrons. The van der Waals surface area contributed by atoms with E-state index in [4.69, 9.17) is 9.47 Å². The minimum atomic E-state index is -0.749. The van der Waals surface area contributed by atoms with Gasteiger partial charge in [-0.15, -0.1) is 24.0 Å². The Hall–Kier alpha value is -1.22. The number of hydrogen-bond donors (Lipinski definition) is 2. The second kappa shape index (κ2) is 12.3. The molecule has 27 heavy (non-hydrogen) atoms. The first-order valence-corrected chi connectivity index (χ1v) is 9.27. The third kappa shape index (κ3) is 7.37. The van der Waals surface area contributed by atoms with Crippen molar-refractivity contribution in [2.45, 2.75) is 52.7 Å². The Morgan fingerprint density at radius 2 is 1.70 bits per heavy atom. The van der Waals surface area contributed by atoms with Crippen molar-refractivity contribution in [2.24, 2.45) is 4.99 Å². The minimum Gasteiger partial charge on any atom is -0.493 e. The predicted molar refractivity (Wildman–Crippen MR) is 123 cm³/mol. The van der Waals surface area contributed by atoms with Gasteiger partial charge >= 0.3 is 0 Å². The molecule has 0 saturated heterocycles. The van der Waals surface area contributed by atoms with Crippen molar-refractivity contribution in [2.75, 3.05) is 34.4 Å². The number of aliphatic imine (C=N–C) groups is 1. The molecule has 6 nitrogen and oxygen atoms in total. The van der Waals surface area contributed by atoms with Crippen molar-refractivity contribution < 1.29 is 14.6 Å². The molecule has 0 unspecified atom stereocenters. The summed E-state index contributed by atoms with van der Waals surface area (Å²) in [4.78, 5) is 6.71. The molecule has 0 atom stereocenters. The number of nitrogens with one attached hydrogen (secondary N) is 1. The summed E-state index contributed by atoms with van der Waals surface area (Å²) < 4.78 is 10.8. The number of halogens is 1. The van der Waals surface area contributed by atoms with E-state index in [-0.39, 0.29) is 24.0 Å². The quantitative estimate of drug-likeness (QED) is 0.313. The number of ether oxygens (including phenoxy) is 2. The van der Waals surface area contributed by atoms with Crippen LogP contribution in [0.2, 0.25) is 0 Å². The first kappa shape index (κ1) is 25.8. The zero-order valence-corrected chi connectivity index (χ0v) is 20.1. The fourth-order valence-electron chi connectivity index (χ4n) is 2.69. The van der Waals surface area contributed by atoms with Crippen molar-refractivity contribution in [3.8, 4) is 11.5 Å². The summed E-state index contributed by atoms with van der Waals surface area (Å²) in [5.41, 5.74) is 1.52. The SMILES string of the molecule is CCNC(=NCC(O)(CC)CC)N(C)Cc1cc(OC)c(OC)cc1C.I. The molecule has 0 aliphatic heterocycles. The number of hydrogen-bond acceptors (Lipinski definition) is 4. The van der Waals surface area contributed by atoms with Gasteiger partial charge in [0.05, 0.1) is 26.4 Å². The van der Waals surface area contributed by atoms with Crippen LogP contribution in [0.15, 0.2) is 17.1 Å². The van der Waals surface area contributed by atoms with Gasteiger partial charge < -0.3 is 24.8 Å². The Labute approximate surface area is 181 Å². The summed E-state index contributed by atoms with van der Waals surface area (Å²) in [7, 11) is 5.28. The van der Waals surface area contributed by atoms with Crippen molar-refractivity contribution in [3.05, 3.63) is 23.3 Å². The molecule has 0 aliphatic rings. The number of aliphatic hydroxyl groups is 1. The highest BCUT2D eigenvalue weighted by atomic mass is 127. The van der Waals surface area contributed by atoms with E-state index in [1.807, 2.05) is 40.0 Å². The molecule has 0 bridgehead atoms. The average molecular weight is 493 g/mol. The Morgan fingerprint density at radius 3 is 2.19 bits per heavy atom. The van der Waals surface area contributed by atoms with Gasteiger partial charge in [0.25, 0.3) is 0 Å². The van der Waals surface area contributed by atoms with E-state index < -0.39 is 5.60 Å². The second-order valence-corrected chi connectivity index (χ2v) is 6.59. The van der Waals surface area contributed by atoms with Crippen molar-refractivity contribution >= 4 is 29.9 Å². The third-order valence-electron chi connectivity index (χ3n) is 4.79. The Balaban J connectivity index is 0.00000676. The summed E-state index contributed by atoms with van der Waals surface area (Å²) in [6.45, 7) is 9.90. The smallest absolute Gasteiger partial charge is 0.194 e. The lowest BCUT2D eigenvalue weighted by atomic mass is 9.98. The molecule has 0 aromatic heterocycles. The number of nitrogens with zero attached hydrogens (tertiary/aromatic N) is 2. The highest BCUT2D eigenvalue weighted by Crippen LogP contribution is 2.30. The molecule has 7 heteroatoms. The topological polar surface area (TPSA) is 66.3 Å². The van der Waals surface area contributed by atoms with Gasteiger partial charge in [0.1, 0.15) is 0 Å². The number of aryl methyl sites for hydroxylation is 1. The van der Waals surface area contributed by atoms with E-state index in [1.54, 1.807) is 14.2 Å². The lowest BCUT2D eigenvalue weighted by molar-refractivity contribution is 0.0416. The number of benzene rings is 1. The molecule has 1 aromatic rings. The maximum absolute atomic E-state index is 10.5. The van der Waals surface area contributed by atoms with E-state index in [0.29, 0.717) is 25.9 Å². The number of methoxy groups -OCH3 is 2. The maximum atomic E-state index is 10.5. The molecular formula is C20H36IN3O3. The number of rotatable bonds is 9. The molecule has 0 heterocycles. The lowest BCUT2D eigenvalue weighted by Gasteiger charge is -2.27. The molecule has 1 aromatic carbocycles. The highest BCUT2D eigenvalue weighted by Gasteiger charge is 2.22. The molecule has 0 aliphatic carbocycles. The standard InChI is InChI=1S/C20H35N3O3.HI/c1-8-20(24,9-2)14-22-19(21-10-3)23(5)13-16-12-18(26-7)17(25-6)11-15(16)4;/h11-12,24H,8-10,13-14H2,1-7H3,(H,21,22);1H. The minimum absolute atomic E-state index is 0. The zero-order valence-electron chi connectivity index (χ0n) is 17.8. The maximum Gasteiger partial charge on any atom is 0.194 e. The van der Waals surface area contributed by atoms with Gasteiger partial charge in [0.15, 0.2) is 17.5 Å². The van der Waals surface area contributed by atoms with Gasteiger partial charge in [0, 0.05) is 20.1 Å². The van der Waals surface area contributed by atoms with Gasteiger partial charge in [-0.2, -0.15) is 0 Å². The molecule has 2 N–H and O–H groups in total. The number of guanidine groups is 1. The normalized spacial score (nSPS) is 11.6. The van der Waals surface area contributed by atoms with Crippen LogP contribution in [0.5, 0.6) is 11.5 Å². The van der Waals surface area contributed by atoms with Crippen molar-refractivity contribution in [1.82, 2.24) is 10.2 Å². The second-order valence-electron chi connectivity index (χ2n) is 6.59. The van der Waals surface area contributed by atoms with Crippen LogP contribution in [-0.4, -0.2) is 55.9 Å². The first-order valence-electron chi connectivity index (χ1n) is 9.27. The molecular weight excluding hydrogens is 457 g/mol. The summed E-state index contributed by atoms with van der Waals surface area (Å²) in [6.07, 6.45) is 1.37. The van der Waals surface area contributed by atoms with Crippen LogP contribution < -0.4 is 14.8 Å². The fraction of sp³-hybridized carbons (Fsp3) is 0.650. The predicted octanol–water partition coefficient (Wildman–Crippen LogP) is 3.58. The van der Waals surface area contributed by atoms with Gasteiger partial charge in [-0.3, -0.25) is 4.99 Å². The third-order valence-corrected chi connectivity index (χ3v) is 4.79. The Morgan fingerprint density at radius 1 is 1.15 bits per heavy atom. The lowest BCUT2D eigenvalue weighted by Crippen LogP contribution is -2.40. The van der Waals surface area contributed by atoms with Crippen molar-refractivity contribution in [3.63, 3.8) is 0 Å². The van der Waals surface area contributed by atoms with Crippen LogP contribution in [-0.2, 0) is 6.54 Å². The van der Waals surface area contributed by atoms with Crippen LogP contribution >= 0.6 is 24.0 Å². The average Bonchev–Trinajstić information content (AvgIpc) is 2.65. The van der Waals surface area contributed by atoms with Crippen LogP contribution in [0.3, 0.4) is 0 Å². The molecule has 1 rings (SSSR count). The molecule has 0 saturated carbocycles. The van der Waals surface area contributed by atoms with Crippen LogP contribution in [0.4, 0.5) is 0 Å². The van der Waals surface area contributed by atoms with Gasteiger partial charge in [0.2, 0.25) is 0 Å². The molecule has 0 radical (unpaired) electrons.